The van der Waals surface area contributed by atoms with Gasteiger partial charge in [0.1, 0.15) is 6.04 Å². The summed E-state index contributed by atoms with van der Waals surface area (Å²) in [7, 11) is 0. The van der Waals surface area contributed by atoms with Crippen molar-refractivity contribution < 1.29 is 9.90 Å². The zero-order valence-corrected chi connectivity index (χ0v) is 14.6. The van der Waals surface area contributed by atoms with E-state index in [4.69, 9.17) is 5.11 Å². The first-order valence-electron chi connectivity index (χ1n) is 6.10. The van der Waals surface area contributed by atoms with E-state index >= 15 is 0 Å². The lowest BCUT2D eigenvalue weighted by molar-refractivity contribution is -0.143. The number of nitrogens with zero attached hydrogens (tertiary/aromatic N) is 2. The number of carbonyl (C=O) groups is 1. The molecule has 2 rings (SSSR count). The summed E-state index contributed by atoms with van der Waals surface area (Å²) < 4.78 is 2.23. The summed E-state index contributed by atoms with van der Waals surface area (Å²) in [6, 6.07) is 1.76. The summed E-state index contributed by atoms with van der Waals surface area (Å²) >= 11 is 8.74. The summed E-state index contributed by atoms with van der Waals surface area (Å²) in [6.45, 7) is 6.17. The van der Waals surface area contributed by atoms with Crippen LogP contribution in [0.25, 0.3) is 0 Å². The monoisotopic (exact) mass is 410 g/mol. The molecule has 0 aromatic carbocycles. The number of carboxylic acid groups (broad SMARTS) is 1. The smallest absolute Gasteiger partial charge is 0.320 e. The quantitative estimate of drug-likeness (QED) is 0.827. The fourth-order valence-electron chi connectivity index (χ4n) is 2.15. The van der Waals surface area contributed by atoms with Gasteiger partial charge in [0, 0.05) is 42.1 Å². The van der Waals surface area contributed by atoms with Crippen LogP contribution in [0.1, 0.15) is 11.8 Å². The molecule has 0 bridgehead atoms. The molecule has 1 aromatic rings. The number of rotatable bonds is 4. The summed E-state index contributed by atoms with van der Waals surface area (Å²) in [5.41, 5.74) is 0. The van der Waals surface area contributed by atoms with Crippen molar-refractivity contribution in [3.63, 3.8) is 0 Å². The lowest BCUT2D eigenvalue weighted by Gasteiger charge is -2.36. The number of piperazine rings is 1. The molecule has 1 aliphatic heterocycles. The maximum atomic E-state index is 10.9. The van der Waals surface area contributed by atoms with E-state index < -0.39 is 5.97 Å². The van der Waals surface area contributed by atoms with Crippen LogP contribution in [0.5, 0.6) is 0 Å². The minimum absolute atomic E-state index is 0.382. The zero-order chi connectivity index (χ0) is 14.0. The number of hydrogen-bond acceptors (Lipinski definition) is 4. The Hall–Kier alpha value is 0.0500. The van der Waals surface area contributed by atoms with Gasteiger partial charge >= 0.3 is 5.97 Å². The molecule has 1 N–H and O–H groups in total. The Morgan fingerprint density at radius 3 is 2.53 bits per heavy atom. The lowest BCUT2D eigenvalue weighted by atomic mass is 10.2. The second-order valence-electron chi connectivity index (χ2n) is 4.66. The summed E-state index contributed by atoms with van der Waals surface area (Å²) in [4.78, 5) is 16.7. The molecular formula is C12H16Br2N2O2S. The van der Waals surface area contributed by atoms with Crippen LogP contribution in [-0.4, -0.2) is 53.1 Å². The number of aliphatic carboxylic acids is 1. The molecule has 2 heterocycles. The Balaban J connectivity index is 1.85. The van der Waals surface area contributed by atoms with Crippen LogP contribution in [0, 0.1) is 0 Å². The third kappa shape index (κ3) is 4.01. The van der Waals surface area contributed by atoms with Crippen LogP contribution in [0.4, 0.5) is 0 Å². The fourth-order valence-corrected chi connectivity index (χ4v) is 4.37. The average Bonchev–Trinajstić information content (AvgIpc) is 2.68. The number of halogens is 2. The van der Waals surface area contributed by atoms with Crippen LogP contribution in [0.2, 0.25) is 0 Å². The van der Waals surface area contributed by atoms with Gasteiger partial charge in [-0.1, -0.05) is 0 Å². The van der Waals surface area contributed by atoms with Crippen molar-refractivity contribution in [2.45, 2.75) is 19.5 Å². The van der Waals surface area contributed by atoms with E-state index in [0.717, 1.165) is 41.0 Å². The maximum absolute atomic E-state index is 10.9. The minimum atomic E-state index is -0.737. The Bertz CT molecular complexity index is 439. The molecule has 7 heteroatoms. The van der Waals surface area contributed by atoms with E-state index in [1.807, 2.05) is 4.90 Å². The Morgan fingerprint density at radius 1 is 1.42 bits per heavy atom. The van der Waals surface area contributed by atoms with Gasteiger partial charge in [0.15, 0.2) is 0 Å². The molecule has 0 spiro atoms. The van der Waals surface area contributed by atoms with Gasteiger partial charge in [0.05, 0.1) is 3.79 Å². The zero-order valence-electron chi connectivity index (χ0n) is 10.6. The van der Waals surface area contributed by atoms with Crippen molar-refractivity contribution in [3.8, 4) is 0 Å². The molecule has 0 saturated carbocycles. The van der Waals surface area contributed by atoms with E-state index in [0.29, 0.717) is 0 Å². The predicted octanol–water partition coefficient (Wildman–Crippen LogP) is 2.86. The second kappa shape index (κ2) is 6.67. The first-order chi connectivity index (χ1) is 8.97. The van der Waals surface area contributed by atoms with Gasteiger partial charge < -0.3 is 5.11 Å². The molecule has 4 nitrogen and oxygen atoms in total. The molecule has 1 aliphatic rings. The molecule has 1 saturated heterocycles. The highest BCUT2D eigenvalue weighted by Crippen LogP contribution is 2.33. The van der Waals surface area contributed by atoms with E-state index in [9.17, 15) is 4.79 Å². The van der Waals surface area contributed by atoms with Crippen molar-refractivity contribution in [2.75, 3.05) is 26.2 Å². The fraction of sp³-hybridized carbons (Fsp3) is 0.583. The van der Waals surface area contributed by atoms with Gasteiger partial charge in [0.2, 0.25) is 0 Å². The van der Waals surface area contributed by atoms with E-state index in [-0.39, 0.29) is 6.04 Å². The molecule has 0 amide bonds. The highest BCUT2D eigenvalue weighted by molar-refractivity contribution is 9.13. The van der Waals surface area contributed by atoms with Crippen molar-refractivity contribution in [1.29, 1.82) is 0 Å². The van der Waals surface area contributed by atoms with Crippen LogP contribution in [0.3, 0.4) is 0 Å². The van der Waals surface area contributed by atoms with Gasteiger partial charge in [0.25, 0.3) is 0 Å². The van der Waals surface area contributed by atoms with Crippen molar-refractivity contribution in [2.24, 2.45) is 0 Å². The van der Waals surface area contributed by atoms with E-state index in [1.165, 1.54) is 4.88 Å². The molecule has 0 aliphatic carbocycles. The number of hydrogen-bond donors (Lipinski definition) is 1. The third-order valence-electron chi connectivity index (χ3n) is 3.39. The van der Waals surface area contributed by atoms with Crippen molar-refractivity contribution in [3.05, 3.63) is 19.2 Å². The van der Waals surface area contributed by atoms with Crippen LogP contribution >= 0.6 is 43.2 Å². The van der Waals surface area contributed by atoms with Crippen LogP contribution < -0.4 is 0 Å². The maximum Gasteiger partial charge on any atom is 0.320 e. The highest BCUT2D eigenvalue weighted by Gasteiger charge is 2.25. The SMILES string of the molecule is CC(C(=O)O)N1CCN(Cc2cc(Br)c(Br)s2)CC1. The molecule has 106 valence electrons. The number of thiophene rings is 1. The van der Waals surface area contributed by atoms with Crippen molar-refractivity contribution >= 4 is 49.2 Å². The molecule has 1 fully saturated rings. The van der Waals surface area contributed by atoms with Crippen LogP contribution in [-0.2, 0) is 11.3 Å². The Morgan fingerprint density at radius 2 is 2.05 bits per heavy atom. The topological polar surface area (TPSA) is 43.8 Å². The Labute approximate surface area is 133 Å². The normalized spacial score (nSPS) is 19.5. The molecular weight excluding hydrogens is 396 g/mol. The van der Waals surface area contributed by atoms with E-state index in [1.54, 1.807) is 18.3 Å². The van der Waals surface area contributed by atoms with Gasteiger partial charge in [-0.3, -0.25) is 14.6 Å². The minimum Gasteiger partial charge on any atom is -0.480 e. The third-order valence-corrected chi connectivity index (χ3v) is 6.63. The van der Waals surface area contributed by atoms with Crippen molar-refractivity contribution in [1.82, 2.24) is 9.80 Å². The van der Waals surface area contributed by atoms with Gasteiger partial charge in [-0.15, -0.1) is 11.3 Å². The van der Waals surface area contributed by atoms with Gasteiger partial charge in [-0.25, -0.2) is 0 Å². The van der Waals surface area contributed by atoms with Gasteiger partial charge in [-0.05, 0) is 44.8 Å². The van der Waals surface area contributed by atoms with Gasteiger partial charge in [-0.2, -0.15) is 0 Å². The molecule has 1 unspecified atom stereocenters. The molecule has 19 heavy (non-hydrogen) atoms. The van der Waals surface area contributed by atoms with Crippen LogP contribution in [0.15, 0.2) is 14.3 Å². The first-order valence-corrected chi connectivity index (χ1v) is 8.50. The summed E-state index contributed by atoms with van der Waals surface area (Å²) in [5.74, 6) is -0.737. The molecule has 1 atom stereocenters. The standard InChI is InChI=1S/C12H16Br2N2O2S/c1-8(12(17)18)16-4-2-15(3-5-16)7-9-6-10(13)11(14)19-9/h6,8H,2-5,7H2,1H3,(H,17,18). The van der Waals surface area contributed by atoms with E-state index in [2.05, 4.69) is 42.8 Å². The molecule has 1 aromatic heterocycles. The first kappa shape index (κ1) is 15.4. The highest BCUT2D eigenvalue weighted by atomic mass is 79.9. The second-order valence-corrected chi connectivity index (χ2v) is 7.97. The summed E-state index contributed by atoms with van der Waals surface area (Å²) in [6.07, 6.45) is 0. The Kier molecular flexibility index (Phi) is 5.42. The predicted molar refractivity (Wildman–Crippen MR) is 83.7 cm³/mol. The number of carboxylic acids is 1. The largest absolute Gasteiger partial charge is 0.480 e. The average molecular weight is 412 g/mol. The summed E-state index contributed by atoms with van der Waals surface area (Å²) in [5, 5.41) is 9.00. The molecule has 0 radical (unpaired) electrons. The lowest BCUT2D eigenvalue weighted by Crippen LogP contribution is -2.51.